The molecule has 1 saturated carbocycles. The van der Waals surface area contributed by atoms with E-state index in [0.717, 1.165) is 48.0 Å². The third kappa shape index (κ3) is 5.26. The van der Waals surface area contributed by atoms with E-state index >= 15 is 0 Å². The summed E-state index contributed by atoms with van der Waals surface area (Å²) in [5.74, 6) is 2.03. The van der Waals surface area contributed by atoms with Gasteiger partial charge in [-0.05, 0) is 54.8 Å². The summed E-state index contributed by atoms with van der Waals surface area (Å²) in [6.07, 6.45) is 9.79. The summed E-state index contributed by atoms with van der Waals surface area (Å²) in [6, 6.07) is 3.95. The van der Waals surface area contributed by atoms with E-state index in [9.17, 15) is 4.39 Å². The van der Waals surface area contributed by atoms with Crippen molar-refractivity contribution < 1.29 is 4.39 Å². The highest BCUT2D eigenvalue weighted by molar-refractivity contribution is 5.93. The van der Waals surface area contributed by atoms with E-state index in [2.05, 4.69) is 57.9 Å². The van der Waals surface area contributed by atoms with Gasteiger partial charge in [0.15, 0.2) is 5.82 Å². The predicted octanol–water partition coefficient (Wildman–Crippen LogP) is 5.20. The van der Waals surface area contributed by atoms with E-state index < -0.39 is 5.83 Å². The Balaban J connectivity index is 1.54. The van der Waals surface area contributed by atoms with Crippen molar-refractivity contribution in [3.8, 4) is 11.4 Å². The van der Waals surface area contributed by atoms with Crippen LogP contribution in [0.1, 0.15) is 44.6 Å². The zero-order chi connectivity index (χ0) is 25.3. The second-order valence-electron chi connectivity index (χ2n) is 10.2. The number of nitrogens with zero attached hydrogens (tertiary/aromatic N) is 5. The number of fused-ring (bicyclic) bond motifs is 1. The second-order valence-corrected chi connectivity index (χ2v) is 10.2. The first kappa shape index (κ1) is 24.0. The van der Waals surface area contributed by atoms with Crippen LogP contribution in [0, 0.1) is 5.41 Å². The van der Waals surface area contributed by atoms with Gasteiger partial charge in [-0.15, -0.1) is 0 Å². The quantitative estimate of drug-likeness (QED) is 0.376. The molecule has 3 aromatic heterocycles. The topological polar surface area (TPSA) is 100 Å². The van der Waals surface area contributed by atoms with Gasteiger partial charge in [-0.3, -0.25) is 4.98 Å². The van der Waals surface area contributed by atoms with Crippen LogP contribution in [-0.4, -0.2) is 45.3 Å². The molecule has 1 aliphatic heterocycles. The molecule has 0 radical (unpaired) electrons. The van der Waals surface area contributed by atoms with Crippen molar-refractivity contribution in [1.29, 1.82) is 0 Å². The van der Waals surface area contributed by atoms with Crippen LogP contribution in [0.2, 0.25) is 0 Å². The molecular weight excluding hydrogens is 455 g/mol. The van der Waals surface area contributed by atoms with Crippen molar-refractivity contribution in [3.05, 3.63) is 61.1 Å². The Morgan fingerprint density at radius 2 is 2.06 bits per heavy atom. The number of nitrogens with one attached hydrogen (secondary N) is 3. The van der Waals surface area contributed by atoms with Gasteiger partial charge in [0.1, 0.15) is 23.3 Å². The molecular formula is C27H31FN8. The number of rotatable bonds is 8. The molecule has 1 atom stereocenters. The average Bonchev–Trinajstić information content (AvgIpc) is 3.69. The first-order valence-electron chi connectivity index (χ1n) is 12.2. The molecule has 186 valence electrons. The van der Waals surface area contributed by atoms with Gasteiger partial charge < -0.3 is 16.0 Å². The van der Waals surface area contributed by atoms with Crippen LogP contribution in [0.25, 0.3) is 22.3 Å². The van der Waals surface area contributed by atoms with E-state index in [1.807, 2.05) is 24.5 Å². The highest BCUT2D eigenvalue weighted by Gasteiger charge is 2.34. The second kappa shape index (κ2) is 9.73. The molecule has 4 heterocycles. The third-order valence-electron chi connectivity index (χ3n) is 6.75. The minimum atomic E-state index is -0.652. The third-order valence-corrected chi connectivity index (χ3v) is 6.75. The lowest BCUT2D eigenvalue weighted by Gasteiger charge is -2.40. The Labute approximate surface area is 210 Å². The number of piperidine rings is 1. The summed E-state index contributed by atoms with van der Waals surface area (Å²) in [4.78, 5) is 22.6. The maximum absolute atomic E-state index is 12.9. The molecule has 1 aliphatic carbocycles. The van der Waals surface area contributed by atoms with Crippen LogP contribution in [-0.2, 0) is 0 Å². The summed E-state index contributed by atoms with van der Waals surface area (Å²) < 4.78 is 12.9. The van der Waals surface area contributed by atoms with Crippen LogP contribution in [0.5, 0.6) is 0 Å². The highest BCUT2D eigenvalue weighted by atomic mass is 19.1. The fraction of sp³-hybridized carbons (Fsp3) is 0.370. The van der Waals surface area contributed by atoms with E-state index in [4.69, 9.17) is 9.97 Å². The van der Waals surface area contributed by atoms with Crippen LogP contribution in [0.15, 0.2) is 60.5 Å². The average molecular weight is 487 g/mol. The number of hydrogen-bond donors (Lipinski definition) is 3. The first-order chi connectivity index (χ1) is 17.3. The number of anilines is 2. The van der Waals surface area contributed by atoms with Crippen molar-refractivity contribution in [2.45, 2.75) is 45.1 Å². The molecule has 2 aliphatic rings. The molecule has 5 rings (SSSR count). The summed E-state index contributed by atoms with van der Waals surface area (Å²) >= 11 is 0. The van der Waals surface area contributed by atoms with Gasteiger partial charge in [0.05, 0.1) is 17.9 Å². The number of hydrogen-bond acceptors (Lipinski definition) is 8. The first-order valence-corrected chi connectivity index (χ1v) is 12.2. The van der Waals surface area contributed by atoms with Crippen molar-refractivity contribution in [2.75, 3.05) is 23.7 Å². The van der Waals surface area contributed by atoms with E-state index in [0.29, 0.717) is 17.6 Å². The van der Waals surface area contributed by atoms with E-state index in [1.165, 1.54) is 18.4 Å². The zero-order valence-corrected chi connectivity index (χ0v) is 20.7. The number of aromatic nitrogens is 4. The number of aliphatic imine (C=N–C) groups is 1. The van der Waals surface area contributed by atoms with Gasteiger partial charge in [0.2, 0.25) is 0 Å². The normalized spacial score (nSPS) is 19.4. The lowest BCUT2D eigenvalue weighted by Crippen LogP contribution is -2.49. The standard InChI is InChI=1S/C27H31FN8/c1-16(28)12-32-17(2)33-23-11-19(7-10-31-23)25-34-21-14-30-13-20(18-5-6-18)24(21)26(36-25)35-22-8-9-29-15-27(22,3)4/h7,10-14,18,22,29H,1-2,5-6,8-9,15H2,3-4H3,(H,31,33)(H,34,35,36)/b32-12-. The molecule has 3 aromatic rings. The Morgan fingerprint density at radius 1 is 1.22 bits per heavy atom. The molecule has 0 aromatic carbocycles. The lowest BCUT2D eigenvalue weighted by molar-refractivity contribution is 0.236. The van der Waals surface area contributed by atoms with E-state index in [-0.39, 0.29) is 17.3 Å². The zero-order valence-electron chi connectivity index (χ0n) is 20.7. The molecule has 0 bridgehead atoms. The van der Waals surface area contributed by atoms with Crippen LogP contribution < -0.4 is 16.0 Å². The molecule has 0 amide bonds. The molecule has 0 spiro atoms. The van der Waals surface area contributed by atoms with Crippen molar-refractivity contribution >= 4 is 28.8 Å². The van der Waals surface area contributed by atoms with Gasteiger partial charge in [0, 0.05) is 35.9 Å². The fourth-order valence-electron chi connectivity index (χ4n) is 4.62. The van der Waals surface area contributed by atoms with Crippen LogP contribution in [0.3, 0.4) is 0 Å². The van der Waals surface area contributed by atoms with Crippen LogP contribution in [0.4, 0.5) is 16.0 Å². The summed E-state index contributed by atoms with van der Waals surface area (Å²) in [5, 5.41) is 11.3. The van der Waals surface area contributed by atoms with Crippen molar-refractivity contribution in [3.63, 3.8) is 0 Å². The Kier molecular flexibility index (Phi) is 6.49. The maximum atomic E-state index is 12.9. The monoisotopic (exact) mass is 486 g/mol. The molecule has 8 nitrogen and oxygen atoms in total. The SMILES string of the molecule is C=C(F)/C=N\C(=C)Nc1cc(-c2nc(NC3CCNCC3(C)C)c3c(C4CC4)cncc3n2)ccn1. The van der Waals surface area contributed by atoms with Gasteiger partial charge in [0.25, 0.3) is 0 Å². The predicted molar refractivity (Wildman–Crippen MR) is 143 cm³/mol. The molecule has 9 heteroatoms. The van der Waals surface area contributed by atoms with Gasteiger partial charge >= 0.3 is 0 Å². The maximum Gasteiger partial charge on any atom is 0.162 e. The van der Waals surface area contributed by atoms with E-state index in [1.54, 1.807) is 6.20 Å². The lowest BCUT2D eigenvalue weighted by atomic mass is 9.80. The summed E-state index contributed by atoms with van der Waals surface area (Å²) in [7, 11) is 0. The van der Waals surface area contributed by atoms with Gasteiger partial charge in [-0.1, -0.05) is 27.0 Å². The summed E-state index contributed by atoms with van der Waals surface area (Å²) in [6.45, 7) is 13.4. The molecule has 1 saturated heterocycles. The number of pyridine rings is 2. The largest absolute Gasteiger partial charge is 0.366 e. The summed E-state index contributed by atoms with van der Waals surface area (Å²) in [5.41, 5.74) is 2.89. The van der Waals surface area contributed by atoms with Crippen molar-refractivity contribution in [2.24, 2.45) is 10.4 Å². The highest BCUT2D eigenvalue weighted by Crippen LogP contribution is 2.44. The Hall–Kier alpha value is -3.72. The van der Waals surface area contributed by atoms with Gasteiger partial charge in [-0.25, -0.2) is 24.3 Å². The van der Waals surface area contributed by atoms with Crippen molar-refractivity contribution in [1.82, 2.24) is 25.3 Å². The van der Waals surface area contributed by atoms with Crippen LogP contribution >= 0.6 is 0 Å². The molecule has 3 N–H and O–H groups in total. The number of allylic oxidation sites excluding steroid dienone is 1. The minimum Gasteiger partial charge on any atom is -0.366 e. The Bertz CT molecular complexity index is 1340. The Morgan fingerprint density at radius 3 is 2.81 bits per heavy atom. The van der Waals surface area contributed by atoms with Gasteiger partial charge in [-0.2, -0.15) is 0 Å². The molecule has 36 heavy (non-hydrogen) atoms. The number of halogens is 1. The smallest absolute Gasteiger partial charge is 0.162 e. The minimum absolute atomic E-state index is 0.0714. The molecule has 2 fully saturated rings. The fourth-order valence-corrected chi connectivity index (χ4v) is 4.62. The molecule has 1 unspecified atom stereocenters.